The molecule has 2 nitrogen and oxygen atoms in total. The fourth-order valence-electron chi connectivity index (χ4n) is 4.09. The average molecular weight is 283 g/mol. The van der Waals surface area contributed by atoms with Crippen molar-refractivity contribution in [3.05, 3.63) is 0 Å². The maximum absolute atomic E-state index is 3.73. The lowest BCUT2D eigenvalue weighted by molar-refractivity contribution is 0.0914. The van der Waals surface area contributed by atoms with Crippen LogP contribution in [-0.4, -0.2) is 36.6 Å². The molecule has 20 heavy (non-hydrogen) atoms. The Kier molecular flexibility index (Phi) is 8.79. The molecule has 0 bridgehead atoms. The Labute approximate surface area is 127 Å². The van der Waals surface area contributed by atoms with Crippen LogP contribution in [0.2, 0.25) is 0 Å². The molecule has 1 aliphatic rings. The summed E-state index contributed by atoms with van der Waals surface area (Å²) in [5.41, 5.74) is 0. The summed E-state index contributed by atoms with van der Waals surface area (Å²) in [6.07, 6.45) is 11.0. The van der Waals surface area contributed by atoms with E-state index in [1.54, 1.807) is 0 Å². The molecule has 0 aromatic carbocycles. The zero-order valence-electron chi connectivity index (χ0n) is 14.6. The first-order chi connectivity index (χ1) is 9.67. The lowest BCUT2D eigenvalue weighted by atomic mass is 9.83. The van der Waals surface area contributed by atoms with Gasteiger partial charge in [-0.1, -0.05) is 40.5 Å². The van der Waals surface area contributed by atoms with Gasteiger partial charge in [-0.15, -0.1) is 0 Å². The van der Waals surface area contributed by atoms with Crippen molar-refractivity contribution in [2.75, 3.05) is 13.6 Å². The fraction of sp³-hybridized carbons (Fsp3) is 1.00. The normalized spacial score (nSPS) is 26.7. The second-order valence-corrected chi connectivity index (χ2v) is 6.68. The molecule has 0 aromatic rings. The van der Waals surface area contributed by atoms with Gasteiger partial charge in [0.2, 0.25) is 0 Å². The van der Waals surface area contributed by atoms with Gasteiger partial charge in [-0.3, -0.25) is 4.90 Å². The highest BCUT2D eigenvalue weighted by Gasteiger charge is 2.30. The van der Waals surface area contributed by atoms with E-state index >= 15 is 0 Å². The Morgan fingerprint density at radius 2 is 1.70 bits per heavy atom. The smallest absolute Gasteiger partial charge is 0.0246 e. The molecule has 2 atom stereocenters. The van der Waals surface area contributed by atoms with Crippen molar-refractivity contribution in [3.63, 3.8) is 0 Å². The minimum atomic E-state index is 0.670. The van der Waals surface area contributed by atoms with Crippen molar-refractivity contribution in [1.29, 1.82) is 0 Å². The fourth-order valence-corrected chi connectivity index (χ4v) is 4.09. The van der Waals surface area contributed by atoms with E-state index in [1.165, 1.54) is 51.4 Å². The van der Waals surface area contributed by atoms with Gasteiger partial charge in [0.1, 0.15) is 0 Å². The van der Waals surface area contributed by atoms with Crippen LogP contribution in [0, 0.1) is 5.92 Å². The molecule has 1 N–H and O–H groups in total. The van der Waals surface area contributed by atoms with Crippen molar-refractivity contribution < 1.29 is 0 Å². The second kappa shape index (κ2) is 9.78. The number of nitrogens with one attached hydrogen (secondary N) is 1. The molecular formula is C18H38N2. The highest BCUT2D eigenvalue weighted by molar-refractivity contribution is 4.87. The van der Waals surface area contributed by atoms with Crippen LogP contribution in [0.1, 0.15) is 79.1 Å². The molecule has 0 heterocycles. The van der Waals surface area contributed by atoms with Crippen LogP contribution in [0.3, 0.4) is 0 Å². The molecule has 0 aromatic heterocycles. The summed E-state index contributed by atoms with van der Waals surface area (Å²) in [4.78, 5) is 2.72. The van der Waals surface area contributed by atoms with Crippen LogP contribution in [0.25, 0.3) is 0 Å². The van der Waals surface area contributed by atoms with Gasteiger partial charge in [0.05, 0.1) is 0 Å². The lowest BCUT2D eigenvalue weighted by Crippen LogP contribution is -2.52. The number of rotatable bonds is 9. The molecule has 120 valence electrons. The van der Waals surface area contributed by atoms with Gasteiger partial charge < -0.3 is 5.32 Å². The zero-order chi connectivity index (χ0) is 15.0. The molecular weight excluding hydrogens is 244 g/mol. The summed E-state index contributed by atoms with van der Waals surface area (Å²) in [6.45, 7) is 10.4. The summed E-state index contributed by atoms with van der Waals surface area (Å²) in [6, 6.07) is 2.20. The number of likely N-dealkylation sites (N-methyl/N-ethyl adjacent to an activating group) is 2. The van der Waals surface area contributed by atoms with E-state index < -0.39 is 0 Å². The van der Waals surface area contributed by atoms with Crippen molar-refractivity contribution in [2.45, 2.75) is 97.2 Å². The molecule has 2 heteroatoms. The van der Waals surface area contributed by atoms with Crippen LogP contribution in [0.5, 0.6) is 0 Å². The van der Waals surface area contributed by atoms with E-state index in [0.29, 0.717) is 12.1 Å². The molecule has 0 radical (unpaired) electrons. The highest BCUT2D eigenvalue weighted by atomic mass is 15.2. The lowest BCUT2D eigenvalue weighted by Gasteiger charge is -2.42. The molecule has 0 aliphatic heterocycles. The second-order valence-electron chi connectivity index (χ2n) is 6.68. The minimum Gasteiger partial charge on any atom is -0.313 e. The van der Waals surface area contributed by atoms with Gasteiger partial charge in [0.15, 0.2) is 0 Å². The molecule has 2 unspecified atom stereocenters. The van der Waals surface area contributed by atoms with Crippen LogP contribution < -0.4 is 5.32 Å². The van der Waals surface area contributed by atoms with E-state index in [0.717, 1.165) is 18.5 Å². The first-order valence-corrected chi connectivity index (χ1v) is 9.13. The van der Waals surface area contributed by atoms with E-state index in [-0.39, 0.29) is 0 Å². The maximum atomic E-state index is 3.73. The van der Waals surface area contributed by atoms with Crippen LogP contribution in [0.4, 0.5) is 0 Å². The molecule has 1 saturated carbocycles. The summed E-state index contributed by atoms with van der Waals surface area (Å²) in [7, 11) is 2.38. The average Bonchev–Trinajstić information content (AvgIpc) is 2.48. The van der Waals surface area contributed by atoms with Crippen molar-refractivity contribution >= 4 is 0 Å². The first-order valence-electron chi connectivity index (χ1n) is 9.13. The highest BCUT2D eigenvalue weighted by Crippen LogP contribution is 2.30. The molecule has 1 rings (SSSR count). The molecule has 0 amide bonds. The predicted octanol–water partition coefficient (Wildman–Crippen LogP) is 4.44. The third kappa shape index (κ3) is 5.04. The van der Waals surface area contributed by atoms with E-state index in [1.807, 2.05) is 0 Å². The standard InChI is InChI=1S/C18H38N2/c1-6-10-17(19-9-4)18(8-3)20(5)16-13-11-15(7-2)12-14-16/h15-19H,6-14H2,1-5H3. The van der Waals surface area contributed by atoms with Crippen LogP contribution >= 0.6 is 0 Å². The van der Waals surface area contributed by atoms with Gasteiger partial charge in [-0.2, -0.15) is 0 Å². The molecule has 0 spiro atoms. The van der Waals surface area contributed by atoms with Gasteiger partial charge in [0.25, 0.3) is 0 Å². The molecule has 0 saturated heterocycles. The predicted molar refractivity (Wildman–Crippen MR) is 90.3 cm³/mol. The molecule has 1 aliphatic carbocycles. The Balaban J connectivity index is 2.58. The summed E-state index contributed by atoms with van der Waals surface area (Å²) in [5, 5.41) is 3.73. The summed E-state index contributed by atoms with van der Waals surface area (Å²) >= 11 is 0. The minimum absolute atomic E-state index is 0.670. The number of nitrogens with zero attached hydrogens (tertiary/aromatic N) is 1. The van der Waals surface area contributed by atoms with Gasteiger partial charge in [-0.05, 0) is 58.0 Å². The van der Waals surface area contributed by atoms with Gasteiger partial charge >= 0.3 is 0 Å². The topological polar surface area (TPSA) is 15.3 Å². The van der Waals surface area contributed by atoms with E-state index in [2.05, 4.69) is 45.0 Å². The van der Waals surface area contributed by atoms with E-state index in [4.69, 9.17) is 0 Å². The van der Waals surface area contributed by atoms with Crippen LogP contribution in [0.15, 0.2) is 0 Å². The Morgan fingerprint density at radius 1 is 1.05 bits per heavy atom. The first kappa shape index (κ1) is 18.0. The summed E-state index contributed by atoms with van der Waals surface area (Å²) in [5.74, 6) is 1.000. The van der Waals surface area contributed by atoms with Crippen molar-refractivity contribution in [1.82, 2.24) is 10.2 Å². The third-order valence-electron chi connectivity index (χ3n) is 5.44. The zero-order valence-corrected chi connectivity index (χ0v) is 14.6. The third-order valence-corrected chi connectivity index (χ3v) is 5.44. The maximum Gasteiger partial charge on any atom is 0.0246 e. The number of hydrogen-bond acceptors (Lipinski definition) is 2. The van der Waals surface area contributed by atoms with Gasteiger partial charge in [-0.25, -0.2) is 0 Å². The Morgan fingerprint density at radius 3 is 2.15 bits per heavy atom. The van der Waals surface area contributed by atoms with Crippen molar-refractivity contribution in [2.24, 2.45) is 5.92 Å². The van der Waals surface area contributed by atoms with Gasteiger partial charge in [0, 0.05) is 18.1 Å². The summed E-state index contributed by atoms with van der Waals surface area (Å²) < 4.78 is 0. The largest absolute Gasteiger partial charge is 0.313 e. The Bertz CT molecular complexity index is 228. The monoisotopic (exact) mass is 282 g/mol. The van der Waals surface area contributed by atoms with Crippen LogP contribution in [-0.2, 0) is 0 Å². The number of hydrogen-bond donors (Lipinski definition) is 1. The van der Waals surface area contributed by atoms with E-state index in [9.17, 15) is 0 Å². The Hall–Kier alpha value is -0.0800. The molecule has 1 fully saturated rings. The quantitative estimate of drug-likeness (QED) is 0.672. The van der Waals surface area contributed by atoms with Crippen molar-refractivity contribution in [3.8, 4) is 0 Å². The SMILES string of the molecule is CCCC(NCC)C(CC)N(C)C1CCC(CC)CC1.